The molecule has 0 saturated heterocycles. The number of hydrogen-bond donors (Lipinski definition) is 2. The molecule has 1 aliphatic rings. The quantitative estimate of drug-likeness (QED) is 0.750. The molecule has 0 aliphatic carbocycles. The fourth-order valence-corrected chi connectivity index (χ4v) is 3.80. The van der Waals surface area contributed by atoms with Gasteiger partial charge in [-0.05, 0) is 54.9 Å². The summed E-state index contributed by atoms with van der Waals surface area (Å²) in [6.07, 6.45) is 0.988. The van der Waals surface area contributed by atoms with Gasteiger partial charge in [0.2, 0.25) is 5.91 Å². The minimum atomic E-state index is -0.403. The van der Waals surface area contributed by atoms with Crippen molar-refractivity contribution in [3.05, 3.63) is 69.9 Å². The standard InChI is InChI=1S/C19H18ClN3O/c1-23-9-8-14-15-10-13(20)6-7-16(15)22-17(14)18(23)11-2-4-12(5-3-11)19(21)24/h2-7,10,18,22H,8-9H2,1H3,(H2,21,24). The van der Waals surface area contributed by atoms with Crippen molar-refractivity contribution in [3.8, 4) is 0 Å². The molecule has 122 valence electrons. The van der Waals surface area contributed by atoms with Crippen LogP contribution in [0.25, 0.3) is 10.9 Å². The van der Waals surface area contributed by atoms with Gasteiger partial charge in [-0.1, -0.05) is 23.7 Å². The Morgan fingerprint density at radius 3 is 2.71 bits per heavy atom. The molecule has 0 radical (unpaired) electrons. The lowest BCUT2D eigenvalue weighted by Crippen LogP contribution is -2.32. The third kappa shape index (κ3) is 2.39. The second-order valence-electron chi connectivity index (χ2n) is 6.33. The van der Waals surface area contributed by atoms with Gasteiger partial charge in [-0.25, -0.2) is 0 Å². The lowest BCUT2D eigenvalue weighted by atomic mass is 9.92. The average molecular weight is 340 g/mol. The molecule has 1 unspecified atom stereocenters. The van der Waals surface area contributed by atoms with E-state index in [4.69, 9.17) is 17.3 Å². The number of amides is 1. The van der Waals surface area contributed by atoms with Gasteiger partial charge >= 0.3 is 0 Å². The minimum absolute atomic E-state index is 0.127. The summed E-state index contributed by atoms with van der Waals surface area (Å²) >= 11 is 6.18. The van der Waals surface area contributed by atoms with Gasteiger partial charge < -0.3 is 10.7 Å². The zero-order valence-electron chi connectivity index (χ0n) is 13.3. The van der Waals surface area contributed by atoms with Crippen LogP contribution in [0.5, 0.6) is 0 Å². The van der Waals surface area contributed by atoms with E-state index in [-0.39, 0.29) is 6.04 Å². The topological polar surface area (TPSA) is 62.1 Å². The number of nitrogens with zero attached hydrogens (tertiary/aromatic N) is 1. The van der Waals surface area contributed by atoms with Crippen LogP contribution in [0.15, 0.2) is 42.5 Å². The first-order valence-corrected chi connectivity index (χ1v) is 8.32. The van der Waals surface area contributed by atoms with Gasteiger partial charge in [-0.3, -0.25) is 9.69 Å². The molecule has 0 bridgehead atoms. The van der Waals surface area contributed by atoms with E-state index in [2.05, 4.69) is 16.9 Å². The number of H-pyrrole nitrogens is 1. The highest BCUT2D eigenvalue weighted by Gasteiger charge is 2.29. The van der Waals surface area contributed by atoms with E-state index in [1.54, 1.807) is 12.1 Å². The van der Waals surface area contributed by atoms with Crippen LogP contribution in [0, 0.1) is 0 Å². The van der Waals surface area contributed by atoms with E-state index in [0.29, 0.717) is 5.56 Å². The van der Waals surface area contributed by atoms with Crippen LogP contribution >= 0.6 is 11.6 Å². The fraction of sp³-hybridized carbons (Fsp3) is 0.211. The summed E-state index contributed by atoms with van der Waals surface area (Å²) in [5.74, 6) is -0.403. The van der Waals surface area contributed by atoms with E-state index in [1.807, 2.05) is 30.3 Å². The molecule has 2 heterocycles. The molecule has 1 amide bonds. The van der Waals surface area contributed by atoms with Gasteiger partial charge in [-0.2, -0.15) is 0 Å². The second kappa shape index (κ2) is 5.65. The van der Waals surface area contributed by atoms with Gasteiger partial charge in [-0.15, -0.1) is 0 Å². The number of fused-ring (bicyclic) bond motifs is 3. The van der Waals surface area contributed by atoms with Crippen molar-refractivity contribution >= 4 is 28.4 Å². The molecule has 0 fully saturated rings. The molecule has 0 saturated carbocycles. The summed E-state index contributed by atoms with van der Waals surface area (Å²) in [5, 5.41) is 1.95. The Hall–Kier alpha value is -2.30. The van der Waals surface area contributed by atoms with Crippen LogP contribution in [-0.4, -0.2) is 29.4 Å². The summed E-state index contributed by atoms with van der Waals surface area (Å²) in [5.41, 5.74) is 10.7. The second-order valence-corrected chi connectivity index (χ2v) is 6.76. The number of carbonyl (C=O) groups excluding carboxylic acids is 1. The Morgan fingerprint density at radius 1 is 1.25 bits per heavy atom. The number of halogens is 1. The molecule has 3 N–H and O–H groups in total. The van der Waals surface area contributed by atoms with Gasteiger partial charge in [0.25, 0.3) is 0 Å². The molecule has 1 aliphatic heterocycles. The van der Waals surface area contributed by atoms with Crippen molar-refractivity contribution in [2.75, 3.05) is 13.6 Å². The maximum absolute atomic E-state index is 11.3. The monoisotopic (exact) mass is 339 g/mol. The van der Waals surface area contributed by atoms with Crippen LogP contribution in [-0.2, 0) is 6.42 Å². The molecule has 5 heteroatoms. The number of likely N-dealkylation sites (N-methyl/N-ethyl adjacent to an activating group) is 1. The first kappa shape index (κ1) is 15.2. The van der Waals surface area contributed by atoms with Crippen molar-refractivity contribution in [2.24, 2.45) is 5.73 Å². The lowest BCUT2D eigenvalue weighted by molar-refractivity contribution is 0.100. The van der Waals surface area contributed by atoms with Crippen LogP contribution in [0.3, 0.4) is 0 Å². The number of nitrogens with one attached hydrogen (secondary N) is 1. The molecule has 2 aromatic carbocycles. The molecule has 4 rings (SSSR count). The third-order valence-corrected chi connectivity index (χ3v) is 5.08. The molecular formula is C19H18ClN3O. The zero-order valence-corrected chi connectivity index (χ0v) is 14.1. The molecule has 1 aromatic heterocycles. The number of nitrogens with two attached hydrogens (primary N) is 1. The van der Waals surface area contributed by atoms with Crippen LogP contribution in [0.2, 0.25) is 5.02 Å². The minimum Gasteiger partial charge on any atom is -0.366 e. The van der Waals surface area contributed by atoms with Gasteiger partial charge in [0, 0.05) is 33.7 Å². The number of carbonyl (C=O) groups is 1. The SMILES string of the molecule is CN1CCc2c([nH]c3ccc(Cl)cc23)C1c1ccc(C(N)=O)cc1. The Kier molecular flexibility index (Phi) is 3.59. The fourth-order valence-electron chi connectivity index (χ4n) is 3.63. The molecule has 0 spiro atoms. The van der Waals surface area contributed by atoms with Gasteiger partial charge in [0.15, 0.2) is 0 Å². The predicted octanol–water partition coefficient (Wildman–Crippen LogP) is 3.50. The normalized spacial score (nSPS) is 17.8. The van der Waals surface area contributed by atoms with E-state index >= 15 is 0 Å². The van der Waals surface area contributed by atoms with E-state index < -0.39 is 5.91 Å². The predicted molar refractivity (Wildman–Crippen MR) is 96.4 cm³/mol. The Balaban J connectivity index is 1.85. The highest BCUT2D eigenvalue weighted by molar-refractivity contribution is 6.31. The van der Waals surface area contributed by atoms with Crippen LogP contribution in [0.1, 0.15) is 33.2 Å². The van der Waals surface area contributed by atoms with Crippen molar-refractivity contribution < 1.29 is 4.79 Å². The van der Waals surface area contributed by atoms with Crippen LogP contribution < -0.4 is 5.73 Å². The summed E-state index contributed by atoms with van der Waals surface area (Å²) in [6.45, 7) is 0.967. The van der Waals surface area contributed by atoms with Gasteiger partial charge in [0.05, 0.1) is 6.04 Å². The van der Waals surface area contributed by atoms with Crippen LogP contribution in [0.4, 0.5) is 0 Å². The van der Waals surface area contributed by atoms with E-state index in [9.17, 15) is 4.79 Å². The van der Waals surface area contributed by atoms with E-state index in [0.717, 1.165) is 29.1 Å². The van der Waals surface area contributed by atoms with Crippen molar-refractivity contribution in [1.29, 1.82) is 0 Å². The highest BCUT2D eigenvalue weighted by Crippen LogP contribution is 2.38. The Morgan fingerprint density at radius 2 is 2.00 bits per heavy atom. The molecule has 1 atom stereocenters. The summed E-state index contributed by atoms with van der Waals surface area (Å²) in [6, 6.07) is 13.6. The number of aromatic amines is 1. The van der Waals surface area contributed by atoms with Gasteiger partial charge in [0.1, 0.15) is 0 Å². The smallest absolute Gasteiger partial charge is 0.248 e. The molecule has 4 nitrogen and oxygen atoms in total. The maximum atomic E-state index is 11.3. The maximum Gasteiger partial charge on any atom is 0.248 e. The molecule has 24 heavy (non-hydrogen) atoms. The average Bonchev–Trinajstić information content (AvgIpc) is 2.92. The molecule has 3 aromatic rings. The number of aromatic nitrogens is 1. The highest BCUT2D eigenvalue weighted by atomic mass is 35.5. The number of primary amides is 1. The number of hydrogen-bond acceptors (Lipinski definition) is 2. The number of rotatable bonds is 2. The summed E-state index contributed by atoms with van der Waals surface area (Å²) in [7, 11) is 2.12. The molecular weight excluding hydrogens is 322 g/mol. The third-order valence-electron chi connectivity index (χ3n) is 4.84. The van der Waals surface area contributed by atoms with Crippen molar-refractivity contribution in [1.82, 2.24) is 9.88 Å². The Labute approximate surface area is 145 Å². The van der Waals surface area contributed by atoms with Crippen molar-refractivity contribution in [2.45, 2.75) is 12.5 Å². The summed E-state index contributed by atoms with van der Waals surface area (Å²) < 4.78 is 0. The first-order chi connectivity index (χ1) is 11.5. The zero-order chi connectivity index (χ0) is 16.8. The lowest BCUT2D eigenvalue weighted by Gasteiger charge is -2.33. The largest absolute Gasteiger partial charge is 0.366 e. The first-order valence-electron chi connectivity index (χ1n) is 7.94. The summed E-state index contributed by atoms with van der Waals surface area (Å²) in [4.78, 5) is 17.2. The van der Waals surface area contributed by atoms with E-state index in [1.165, 1.54) is 16.6 Å². The Bertz CT molecular complexity index is 930. The van der Waals surface area contributed by atoms with Crippen molar-refractivity contribution in [3.63, 3.8) is 0 Å². The number of benzene rings is 2.